The number of primary amides is 1. The molecule has 0 unspecified atom stereocenters. The maximum atomic E-state index is 13.3. The van der Waals surface area contributed by atoms with Gasteiger partial charge in [-0.25, -0.2) is 14.4 Å². The first-order valence-electron chi connectivity index (χ1n) is 11.8. The average molecular weight is 479 g/mol. The minimum atomic E-state index is -0.669. The molecule has 1 aromatic carbocycles. The molecule has 2 heterocycles. The van der Waals surface area contributed by atoms with Gasteiger partial charge in [-0.1, -0.05) is 0 Å². The lowest BCUT2D eigenvalue weighted by Gasteiger charge is -2.21. The number of halogens is 1. The summed E-state index contributed by atoms with van der Waals surface area (Å²) in [7, 11) is 0. The number of rotatable bonds is 9. The first-order valence-corrected chi connectivity index (χ1v) is 11.8. The van der Waals surface area contributed by atoms with E-state index in [2.05, 4.69) is 25.9 Å². The fourth-order valence-corrected chi connectivity index (χ4v) is 4.14. The van der Waals surface area contributed by atoms with Crippen LogP contribution in [-0.4, -0.2) is 47.0 Å². The van der Waals surface area contributed by atoms with Crippen LogP contribution in [0.4, 0.5) is 10.2 Å². The van der Waals surface area contributed by atoms with Gasteiger partial charge in [-0.15, -0.1) is 0 Å². The number of anilines is 1. The Labute approximate surface area is 202 Å². The van der Waals surface area contributed by atoms with Gasteiger partial charge in [0.15, 0.2) is 5.82 Å². The van der Waals surface area contributed by atoms with E-state index in [0.29, 0.717) is 55.8 Å². The van der Waals surface area contributed by atoms with Crippen molar-refractivity contribution in [2.45, 2.75) is 44.2 Å². The van der Waals surface area contributed by atoms with Crippen molar-refractivity contribution in [3.05, 3.63) is 65.1 Å². The van der Waals surface area contributed by atoms with Crippen LogP contribution < -0.4 is 26.4 Å². The SMILES string of the molecule is NC(=O)c1cc(N[C@H]2CCNC2=O)nc(C2=C(CNC3CC3)C=C(Oc3ccc(F)cc3)CC2)n1. The van der Waals surface area contributed by atoms with Gasteiger partial charge in [-0.3, -0.25) is 9.59 Å². The van der Waals surface area contributed by atoms with E-state index < -0.39 is 11.9 Å². The average Bonchev–Trinajstić information content (AvgIpc) is 3.60. The van der Waals surface area contributed by atoms with Gasteiger partial charge in [-0.2, -0.15) is 0 Å². The van der Waals surface area contributed by atoms with Gasteiger partial charge in [0.25, 0.3) is 5.91 Å². The molecule has 5 rings (SSSR count). The highest BCUT2D eigenvalue weighted by Gasteiger charge is 2.27. The van der Waals surface area contributed by atoms with E-state index in [1.54, 1.807) is 12.1 Å². The molecular weight excluding hydrogens is 451 g/mol. The lowest BCUT2D eigenvalue weighted by Crippen LogP contribution is -2.30. The minimum absolute atomic E-state index is 0.0789. The van der Waals surface area contributed by atoms with Gasteiger partial charge >= 0.3 is 0 Å². The molecule has 35 heavy (non-hydrogen) atoms. The van der Waals surface area contributed by atoms with Crippen LogP contribution in [0.3, 0.4) is 0 Å². The van der Waals surface area contributed by atoms with Gasteiger partial charge < -0.3 is 26.4 Å². The highest BCUT2D eigenvalue weighted by atomic mass is 19.1. The predicted octanol–water partition coefficient (Wildman–Crippen LogP) is 2.28. The molecular formula is C25H27FN6O3. The molecule has 0 radical (unpaired) electrons. The molecule has 1 aliphatic heterocycles. The first kappa shape index (κ1) is 23.0. The summed E-state index contributed by atoms with van der Waals surface area (Å²) >= 11 is 0. The third kappa shape index (κ3) is 5.65. The van der Waals surface area contributed by atoms with Gasteiger partial charge in [0.05, 0.1) is 0 Å². The van der Waals surface area contributed by atoms with E-state index >= 15 is 0 Å². The number of hydrogen-bond donors (Lipinski definition) is 4. The molecule has 182 valence electrons. The summed E-state index contributed by atoms with van der Waals surface area (Å²) in [6, 6.07) is 7.43. The number of ether oxygens (including phenoxy) is 1. The highest BCUT2D eigenvalue weighted by Crippen LogP contribution is 2.32. The van der Waals surface area contributed by atoms with E-state index in [9.17, 15) is 14.0 Å². The van der Waals surface area contributed by atoms with Crippen molar-refractivity contribution in [1.29, 1.82) is 0 Å². The molecule has 3 aliphatic rings. The Morgan fingerprint density at radius 1 is 1.17 bits per heavy atom. The molecule has 0 bridgehead atoms. The molecule has 1 saturated carbocycles. The molecule has 2 aromatic rings. The number of benzene rings is 1. The quantitative estimate of drug-likeness (QED) is 0.435. The lowest BCUT2D eigenvalue weighted by atomic mass is 9.95. The number of allylic oxidation sites excluding steroid dienone is 2. The second-order valence-corrected chi connectivity index (χ2v) is 8.93. The summed E-state index contributed by atoms with van der Waals surface area (Å²) in [5.74, 6) is 0.985. The van der Waals surface area contributed by atoms with Crippen molar-refractivity contribution in [3.8, 4) is 5.75 Å². The third-order valence-corrected chi connectivity index (χ3v) is 6.18. The number of nitrogens with zero attached hydrogens (tertiary/aromatic N) is 2. The summed E-state index contributed by atoms with van der Waals surface area (Å²) in [4.78, 5) is 33.1. The van der Waals surface area contributed by atoms with Crippen LogP contribution >= 0.6 is 0 Å². The predicted molar refractivity (Wildman–Crippen MR) is 128 cm³/mol. The topological polar surface area (TPSA) is 131 Å². The largest absolute Gasteiger partial charge is 0.462 e. The first-order chi connectivity index (χ1) is 16.9. The maximum Gasteiger partial charge on any atom is 0.267 e. The number of nitrogens with two attached hydrogens (primary N) is 1. The van der Waals surface area contributed by atoms with Gasteiger partial charge in [0, 0.05) is 37.2 Å². The summed E-state index contributed by atoms with van der Waals surface area (Å²) in [5, 5.41) is 9.39. The fourth-order valence-electron chi connectivity index (χ4n) is 4.14. The molecule has 1 saturated heterocycles. The summed E-state index contributed by atoms with van der Waals surface area (Å²) in [5.41, 5.74) is 7.46. The van der Waals surface area contributed by atoms with Crippen molar-refractivity contribution in [2.24, 2.45) is 5.73 Å². The molecule has 1 aromatic heterocycles. The number of hydrogen-bond acceptors (Lipinski definition) is 7. The third-order valence-electron chi connectivity index (χ3n) is 6.18. The monoisotopic (exact) mass is 478 g/mol. The van der Waals surface area contributed by atoms with E-state index in [1.165, 1.54) is 18.2 Å². The van der Waals surface area contributed by atoms with Gasteiger partial charge in [-0.05, 0) is 61.6 Å². The Morgan fingerprint density at radius 3 is 2.66 bits per heavy atom. The smallest absolute Gasteiger partial charge is 0.267 e. The van der Waals surface area contributed by atoms with Gasteiger partial charge in [0.2, 0.25) is 5.91 Å². The normalized spacial score (nSPS) is 19.9. The minimum Gasteiger partial charge on any atom is -0.462 e. The lowest BCUT2D eigenvalue weighted by molar-refractivity contribution is -0.119. The van der Waals surface area contributed by atoms with Crippen LogP contribution in [0, 0.1) is 5.82 Å². The van der Waals surface area contributed by atoms with E-state index in [1.807, 2.05) is 6.08 Å². The van der Waals surface area contributed by atoms with Crippen molar-refractivity contribution in [3.63, 3.8) is 0 Å². The van der Waals surface area contributed by atoms with Crippen LogP contribution in [0.1, 0.15) is 48.4 Å². The highest BCUT2D eigenvalue weighted by molar-refractivity contribution is 5.92. The van der Waals surface area contributed by atoms with E-state index in [0.717, 1.165) is 29.7 Å². The zero-order valence-corrected chi connectivity index (χ0v) is 19.1. The molecule has 0 spiro atoms. The Kier molecular flexibility index (Phi) is 6.45. The van der Waals surface area contributed by atoms with Crippen molar-refractivity contribution in [2.75, 3.05) is 18.4 Å². The van der Waals surface area contributed by atoms with Gasteiger partial charge in [0.1, 0.15) is 34.9 Å². The summed E-state index contributed by atoms with van der Waals surface area (Å²) < 4.78 is 19.3. The van der Waals surface area contributed by atoms with Crippen LogP contribution in [0.2, 0.25) is 0 Å². The second kappa shape index (κ2) is 9.83. The zero-order chi connectivity index (χ0) is 24.4. The molecule has 10 heteroatoms. The van der Waals surface area contributed by atoms with Crippen LogP contribution in [0.5, 0.6) is 5.75 Å². The number of nitrogens with one attached hydrogen (secondary N) is 3. The fraction of sp³-hybridized carbons (Fsp3) is 0.360. The number of aromatic nitrogens is 2. The maximum absolute atomic E-state index is 13.3. The Hall–Kier alpha value is -3.79. The standard InChI is InChI=1S/C25H27FN6O3/c26-15-1-5-17(6-2-15)35-18-7-8-19(14(11-18)13-29-16-3-4-16)24-31-21(23(27)33)12-22(32-24)30-20-9-10-28-25(20)34/h1-2,5-6,11-12,16,20,29H,3-4,7-10,13H2,(H2,27,33)(H,28,34)(H,30,31,32)/t20-/m0/s1. The molecule has 2 amide bonds. The number of amides is 2. The molecule has 2 aliphatic carbocycles. The Morgan fingerprint density at radius 2 is 1.97 bits per heavy atom. The molecule has 9 nitrogen and oxygen atoms in total. The molecule has 2 fully saturated rings. The molecule has 1 atom stereocenters. The van der Waals surface area contributed by atoms with Crippen LogP contribution in [0.25, 0.3) is 5.57 Å². The Bertz CT molecular complexity index is 1210. The van der Waals surface area contributed by atoms with E-state index in [4.69, 9.17) is 10.5 Å². The summed E-state index contributed by atoms with van der Waals surface area (Å²) in [6.07, 6.45) is 6.01. The van der Waals surface area contributed by atoms with Crippen molar-refractivity contribution >= 4 is 23.2 Å². The molecule has 5 N–H and O–H groups in total. The van der Waals surface area contributed by atoms with Crippen LogP contribution in [0.15, 0.2) is 47.7 Å². The number of carbonyl (C=O) groups excluding carboxylic acids is 2. The number of carbonyl (C=O) groups is 2. The second-order valence-electron chi connectivity index (χ2n) is 8.93. The van der Waals surface area contributed by atoms with Crippen LogP contribution in [-0.2, 0) is 4.79 Å². The van der Waals surface area contributed by atoms with Crippen molar-refractivity contribution < 1.29 is 18.7 Å². The zero-order valence-electron chi connectivity index (χ0n) is 19.1. The Balaban J connectivity index is 1.47. The van der Waals surface area contributed by atoms with E-state index in [-0.39, 0.29) is 17.4 Å². The van der Waals surface area contributed by atoms with Crippen molar-refractivity contribution in [1.82, 2.24) is 20.6 Å². The summed E-state index contributed by atoms with van der Waals surface area (Å²) in [6.45, 7) is 1.18.